The van der Waals surface area contributed by atoms with Crippen molar-refractivity contribution in [3.63, 3.8) is 0 Å². The van der Waals surface area contributed by atoms with Gasteiger partial charge >= 0.3 is 0 Å². The zero-order chi connectivity index (χ0) is 15.8. The Labute approximate surface area is 128 Å². The molecular formula is C12H15N5O2S2. The summed E-state index contributed by atoms with van der Waals surface area (Å²) in [7, 11) is -1.94. The summed E-state index contributed by atoms with van der Waals surface area (Å²) in [6.45, 7) is 1.81. The number of nitrogens with two attached hydrogens (primary N) is 2. The number of hydrogen-bond donors (Lipinski definition) is 3. The molecule has 0 unspecified atom stereocenters. The number of benzene rings is 1. The fourth-order valence-corrected chi connectivity index (χ4v) is 2.72. The van der Waals surface area contributed by atoms with Crippen LogP contribution in [0.25, 0.3) is 0 Å². The molecule has 0 saturated carbocycles. The predicted octanol–water partition coefficient (Wildman–Crippen LogP) is 0.754. The summed E-state index contributed by atoms with van der Waals surface area (Å²) in [5.41, 5.74) is 7.75. The molecule has 21 heavy (non-hydrogen) atoms. The maximum atomic E-state index is 11.2. The van der Waals surface area contributed by atoms with Crippen molar-refractivity contribution in [2.45, 2.75) is 11.8 Å². The normalized spacial score (nSPS) is 11.4. The fraction of sp³-hybridized carbons (Fsp3) is 0.167. The third-order valence-corrected chi connectivity index (χ3v) is 4.05. The number of aromatic nitrogens is 2. The summed E-state index contributed by atoms with van der Waals surface area (Å²) in [6, 6.07) is 6.04. The van der Waals surface area contributed by atoms with Crippen molar-refractivity contribution in [1.29, 1.82) is 0 Å². The average molecular weight is 325 g/mol. The highest BCUT2D eigenvalue weighted by Gasteiger charge is 2.16. The Balaban J connectivity index is 2.37. The number of nitrogens with one attached hydrogen (secondary N) is 1. The van der Waals surface area contributed by atoms with Crippen molar-refractivity contribution in [3.8, 4) is 0 Å². The third-order valence-electron chi connectivity index (χ3n) is 2.91. The van der Waals surface area contributed by atoms with E-state index in [9.17, 15) is 8.42 Å². The van der Waals surface area contributed by atoms with Gasteiger partial charge in [-0.2, -0.15) is 5.10 Å². The maximum absolute atomic E-state index is 11.2. The van der Waals surface area contributed by atoms with Gasteiger partial charge in [0, 0.05) is 12.7 Å². The second kappa shape index (κ2) is 5.43. The Morgan fingerprint density at radius 1 is 1.33 bits per heavy atom. The van der Waals surface area contributed by atoms with E-state index in [4.69, 9.17) is 23.1 Å². The quantitative estimate of drug-likeness (QED) is 0.715. The Morgan fingerprint density at radius 3 is 2.38 bits per heavy atom. The number of aryl methyl sites for hydroxylation is 2. The number of primary sulfonamides is 1. The zero-order valence-corrected chi connectivity index (χ0v) is 13.1. The van der Waals surface area contributed by atoms with Crippen molar-refractivity contribution < 1.29 is 8.42 Å². The summed E-state index contributed by atoms with van der Waals surface area (Å²) in [5.74, 6) is 0.642. The van der Waals surface area contributed by atoms with Gasteiger partial charge < -0.3 is 11.1 Å². The topological polar surface area (TPSA) is 116 Å². The van der Waals surface area contributed by atoms with Crippen LogP contribution >= 0.6 is 12.2 Å². The minimum Gasteiger partial charge on any atom is -0.389 e. The van der Waals surface area contributed by atoms with Gasteiger partial charge in [-0.15, -0.1) is 0 Å². The molecule has 7 nitrogen and oxygen atoms in total. The van der Waals surface area contributed by atoms with E-state index in [1.165, 1.54) is 12.1 Å². The zero-order valence-electron chi connectivity index (χ0n) is 11.5. The number of thiocarbonyl (C=S) groups is 1. The lowest BCUT2D eigenvalue weighted by Crippen LogP contribution is -2.13. The van der Waals surface area contributed by atoms with Crippen molar-refractivity contribution in [3.05, 3.63) is 35.5 Å². The molecule has 2 rings (SSSR count). The first-order valence-corrected chi connectivity index (χ1v) is 7.89. The van der Waals surface area contributed by atoms with Gasteiger partial charge in [0.05, 0.1) is 16.2 Å². The number of sulfonamides is 1. The molecular weight excluding hydrogens is 310 g/mol. The number of anilines is 2. The van der Waals surface area contributed by atoms with Crippen molar-refractivity contribution in [2.75, 3.05) is 5.32 Å². The Morgan fingerprint density at radius 2 is 1.90 bits per heavy atom. The second-order valence-electron chi connectivity index (χ2n) is 4.49. The van der Waals surface area contributed by atoms with Gasteiger partial charge in [-0.1, -0.05) is 12.2 Å². The first-order chi connectivity index (χ1) is 9.70. The monoisotopic (exact) mass is 325 g/mol. The SMILES string of the molecule is Cc1nn(C)c(Nc2ccc(S(N)(=O)=O)cc2)c1C(N)=S. The van der Waals surface area contributed by atoms with Crippen LogP contribution in [0.4, 0.5) is 11.5 Å². The van der Waals surface area contributed by atoms with Gasteiger partial charge in [0.2, 0.25) is 10.0 Å². The summed E-state index contributed by atoms with van der Waals surface area (Å²) >= 11 is 5.02. The van der Waals surface area contributed by atoms with Crippen LogP contribution in [0.1, 0.15) is 11.3 Å². The maximum Gasteiger partial charge on any atom is 0.238 e. The van der Waals surface area contributed by atoms with Crippen LogP contribution in [-0.2, 0) is 17.1 Å². The Bertz CT molecular complexity index is 794. The van der Waals surface area contributed by atoms with Gasteiger partial charge in [-0.05, 0) is 31.2 Å². The molecule has 1 heterocycles. The molecule has 0 atom stereocenters. The van der Waals surface area contributed by atoms with E-state index in [0.717, 1.165) is 0 Å². The minimum absolute atomic E-state index is 0.0452. The lowest BCUT2D eigenvalue weighted by atomic mass is 10.2. The van der Waals surface area contributed by atoms with Gasteiger partial charge in [-0.3, -0.25) is 4.68 Å². The minimum atomic E-state index is -3.70. The van der Waals surface area contributed by atoms with Crippen LogP contribution in [-0.4, -0.2) is 23.2 Å². The highest BCUT2D eigenvalue weighted by Crippen LogP contribution is 2.23. The number of hydrogen-bond acceptors (Lipinski definition) is 5. The van der Waals surface area contributed by atoms with Crippen LogP contribution in [0.2, 0.25) is 0 Å². The molecule has 0 radical (unpaired) electrons. The van der Waals surface area contributed by atoms with Crippen molar-refractivity contribution in [1.82, 2.24) is 9.78 Å². The lowest BCUT2D eigenvalue weighted by molar-refractivity contribution is 0.598. The first kappa shape index (κ1) is 15.4. The first-order valence-electron chi connectivity index (χ1n) is 5.93. The molecule has 112 valence electrons. The molecule has 0 saturated heterocycles. The largest absolute Gasteiger partial charge is 0.389 e. The summed E-state index contributed by atoms with van der Waals surface area (Å²) in [6.07, 6.45) is 0. The van der Waals surface area contributed by atoms with Crippen molar-refractivity contribution >= 4 is 38.7 Å². The molecule has 1 aromatic heterocycles. The van der Waals surface area contributed by atoms with Crippen molar-refractivity contribution in [2.24, 2.45) is 17.9 Å². The van der Waals surface area contributed by atoms with E-state index < -0.39 is 10.0 Å². The average Bonchev–Trinajstić information content (AvgIpc) is 2.63. The highest BCUT2D eigenvalue weighted by atomic mass is 32.2. The highest BCUT2D eigenvalue weighted by molar-refractivity contribution is 7.89. The van der Waals surface area contributed by atoms with E-state index in [1.807, 2.05) is 6.92 Å². The molecule has 5 N–H and O–H groups in total. The summed E-state index contributed by atoms with van der Waals surface area (Å²) < 4.78 is 24.0. The van der Waals surface area contributed by atoms with Crippen LogP contribution in [0.15, 0.2) is 29.2 Å². The molecule has 2 aromatic rings. The molecule has 0 aliphatic carbocycles. The van der Waals surface area contributed by atoms with Crippen LogP contribution in [0, 0.1) is 6.92 Å². The standard InChI is InChI=1S/C12H15N5O2S2/c1-7-10(11(13)20)12(17(2)16-7)15-8-3-5-9(6-4-8)21(14,18)19/h3-6,15H,1-2H3,(H2,13,20)(H2,14,18,19). The molecule has 0 amide bonds. The van der Waals surface area contributed by atoms with Gasteiger partial charge in [0.1, 0.15) is 10.8 Å². The molecule has 0 aliphatic heterocycles. The smallest absolute Gasteiger partial charge is 0.238 e. The molecule has 0 bridgehead atoms. The molecule has 0 fully saturated rings. The summed E-state index contributed by atoms with van der Waals surface area (Å²) in [5, 5.41) is 12.4. The number of nitrogens with zero attached hydrogens (tertiary/aromatic N) is 2. The number of rotatable bonds is 4. The van der Waals surface area contributed by atoms with Crippen LogP contribution < -0.4 is 16.2 Å². The van der Waals surface area contributed by atoms with Crippen LogP contribution in [0.3, 0.4) is 0 Å². The molecule has 0 aliphatic rings. The van der Waals surface area contributed by atoms with E-state index in [-0.39, 0.29) is 9.88 Å². The fourth-order valence-electron chi connectivity index (χ4n) is 1.96. The summed E-state index contributed by atoms with van der Waals surface area (Å²) in [4.78, 5) is 0.285. The Kier molecular flexibility index (Phi) is 3.99. The third kappa shape index (κ3) is 3.20. The molecule has 0 spiro atoms. The van der Waals surface area contributed by atoms with E-state index >= 15 is 0 Å². The van der Waals surface area contributed by atoms with Gasteiger partial charge in [-0.25, -0.2) is 13.6 Å². The Hall–Kier alpha value is -1.97. The lowest BCUT2D eigenvalue weighted by Gasteiger charge is -2.09. The predicted molar refractivity (Wildman–Crippen MR) is 84.9 cm³/mol. The second-order valence-corrected chi connectivity index (χ2v) is 6.49. The van der Waals surface area contributed by atoms with E-state index in [0.29, 0.717) is 22.8 Å². The van der Waals surface area contributed by atoms with Gasteiger partial charge in [0.25, 0.3) is 0 Å². The van der Waals surface area contributed by atoms with E-state index in [2.05, 4.69) is 10.4 Å². The van der Waals surface area contributed by atoms with Crippen LogP contribution in [0.5, 0.6) is 0 Å². The van der Waals surface area contributed by atoms with E-state index in [1.54, 1.807) is 23.9 Å². The van der Waals surface area contributed by atoms with Gasteiger partial charge in [0.15, 0.2) is 0 Å². The molecule has 9 heteroatoms. The molecule has 1 aromatic carbocycles.